The Bertz CT molecular complexity index is 944. The van der Waals surface area contributed by atoms with Gasteiger partial charge in [0.25, 0.3) is 0 Å². The lowest BCUT2D eigenvalue weighted by Gasteiger charge is -2.55. The number of likely N-dealkylation sites (N-methyl/N-ethyl adjacent to an activating group) is 1. The van der Waals surface area contributed by atoms with Crippen molar-refractivity contribution >= 4 is 23.8 Å². The zero-order valence-corrected chi connectivity index (χ0v) is 20.4. The summed E-state index contributed by atoms with van der Waals surface area (Å²) in [4.78, 5) is 45.1. The number of carbonyl (C=O) groups excluding carboxylic acids is 1. The van der Waals surface area contributed by atoms with Crippen LogP contribution in [0.25, 0.3) is 0 Å². The molecule has 1 saturated carbocycles. The number of hydrogen-bond donors (Lipinski definition) is 2. The molecular formula is C21H27F6N5O6. The number of carboxylic acid groups (broad SMARTS) is 2. The molecule has 0 aromatic carbocycles. The van der Waals surface area contributed by atoms with Crippen molar-refractivity contribution in [1.29, 1.82) is 0 Å². The average Bonchev–Trinajstić information content (AvgIpc) is 3.61. The first kappa shape index (κ1) is 31.0. The number of nitrogens with zero attached hydrogens (tertiary/aromatic N) is 5. The summed E-state index contributed by atoms with van der Waals surface area (Å²) in [6.07, 6.45) is -4.06. The Labute approximate surface area is 213 Å². The van der Waals surface area contributed by atoms with Crippen molar-refractivity contribution in [3.63, 3.8) is 0 Å². The van der Waals surface area contributed by atoms with E-state index in [0.29, 0.717) is 6.61 Å². The van der Waals surface area contributed by atoms with E-state index in [2.05, 4.69) is 19.8 Å². The second-order valence-corrected chi connectivity index (χ2v) is 9.13. The maximum atomic E-state index is 12.5. The summed E-state index contributed by atoms with van der Waals surface area (Å²) in [5.41, 5.74) is -0.183. The van der Waals surface area contributed by atoms with Crippen molar-refractivity contribution in [3.8, 4) is 0 Å². The molecule has 1 atom stereocenters. The minimum atomic E-state index is -5.08. The van der Waals surface area contributed by atoms with Gasteiger partial charge in [-0.15, -0.1) is 0 Å². The molecular weight excluding hydrogens is 532 g/mol. The largest absolute Gasteiger partial charge is 0.490 e. The Kier molecular flexibility index (Phi) is 9.88. The number of alkyl halides is 6. The fourth-order valence-corrected chi connectivity index (χ4v) is 3.67. The Morgan fingerprint density at radius 1 is 1.00 bits per heavy atom. The molecule has 1 unspecified atom stereocenters. The van der Waals surface area contributed by atoms with Gasteiger partial charge >= 0.3 is 24.3 Å². The normalized spacial score (nSPS) is 20.7. The van der Waals surface area contributed by atoms with Crippen LogP contribution in [-0.4, -0.2) is 119 Å². The highest BCUT2D eigenvalue weighted by atomic mass is 19.4. The third-order valence-electron chi connectivity index (χ3n) is 5.67. The van der Waals surface area contributed by atoms with Crippen LogP contribution in [0.4, 0.5) is 32.3 Å². The summed E-state index contributed by atoms with van der Waals surface area (Å²) < 4.78 is 69.7. The third kappa shape index (κ3) is 8.97. The van der Waals surface area contributed by atoms with Crippen LogP contribution in [-0.2, 0) is 19.1 Å². The number of anilines is 1. The first-order valence-corrected chi connectivity index (χ1v) is 11.2. The Balaban J connectivity index is 0.000000301. The molecule has 3 heterocycles. The van der Waals surface area contributed by atoms with E-state index >= 15 is 0 Å². The van der Waals surface area contributed by atoms with Crippen molar-refractivity contribution in [2.75, 3.05) is 51.8 Å². The van der Waals surface area contributed by atoms with Gasteiger partial charge in [-0.2, -0.15) is 26.3 Å². The Morgan fingerprint density at radius 3 is 1.87 bits per heavy atom. The first-order valence-electron chi connectivity index (χ1n) is 11.2. The van der Waals surface area contributed by atoms with Crippen LogP contribution in [0.15, 0.2) is 18.5 Å². The molecule has 2 aliphatic heterocycles. The molecule has 11 nitrogen and oxygen atoms in total. The van der Waals surface area contributed by atoms with Crippen LogP contribution >= 0.6 is 0 Å². The molecule has 1 aliphatic carbocycles. The topological polar surface area (TPSA) is 136 Å². The molecule has 2 saturated heterocycles. The SMILES string of the molecule is CN(C)C(=O)C1COC2(CN(c3ncccn3)C2)CN1CC1CC1.O=C(O)C(F)(F)F.O=C(O)C(F)(F)F. The van der Waals surface area contributed by atoms with Crippen LogP contribution < -0.4 is 4.90 Å². The number of morpholine rings is 1. The van der Waals surface area contributed by atoms with Gasteiger partial charge in [0.1, 0.15) is 11.6 Å². The second kappa shape index (κ2) is 12.1. The zero-order chi connectivity index (χ0) is 28.9. The number of carboxylic acids is 2. The predicted molar refractivity (Wildman–Crippen MR) is 117 cm³/mol. The van der Waals surface area contributed by atoms with Crippen LogP contribution in [0, 0.1) is 5.92 Å². The summed E-state index contributed by atoms with van der Waals surface area (Å²) in [7, 11) is 3.64. The average molecular weight is 559 g/mol. The van der Waals surface area contributed by atoms with Crippen LogP contribution in [0.5, 0.6) is 0 Å². The molecule has 0 bridgehead atoms. The van der Waals surface area contributed by atoms with Gasteiger partial charge in [0.05, 0.1) is 19.7 Å². The number of rotatable bonds is 4. The van der Waals surface area contributed by atoms with E-state index in [9.17, 15) is 31.1 Å². The minimum absolute atomic E-state index is 0.145. The number of aromatic nitrogens is 2. The van der Waals surface area contributed by atoms with E-state index in [0.717, 1.165) is 38.0 Å². The molecule has 1 aromatic heterocycles. The van der Waals surface area contributed by atoms with Crippen molar-refractivity contribution in [3.05, 3.63) is 18.5 Å². The Morgan fingerprint density at radius 2 is 1.47 bits per heavy atom. The van der Waals surface area contributed by atoms with E-state index < -0.39 is 24.3 Å². The highest BCUT2D eigenvalue weighted by Gasteiger charge is 2.52. The van der Waals surface area contributed by atoms with Crippen LogP contribution in [0.1, 0.15) is 12.8 Å². The molecule has 2 N–H and O–H groups in total. The fraction of sp³-hybridized carbons (Fsp3) is 0.667. The van der Waals surface area contributed by atoms with E-state index in [-0.39, 0.29) is 17.6 Å². The lowest BCUT2D eigenvalue weighted by atomic mass is 9.90. The molecule has 38 heavy (non-hydrogen) atoms. The molecule has 1 aromatic rings. The third-order valence-corrected chi connectivity index (χ3v) is 5.67. The monoisotopic (exact) mass is 559 g/mol. The number of ether oxygens (including phenoxy) is 1. The summed E-state index contributed by atoms with van der Waals surface area (Å²) >= 11 is 0. The Hall–Kier alpha value is -3.21. The van der Waals surface area contributed by atoms with Crippen molar-refractivity contribution < 1.29 is 55.7 Å². The molecule has 1 amide bonds. The van der Waals surface area contributed by atoms with Crippen molar-refractivity contribution in [2.45, 2.75) is 36.8 Å². The number of halogens is 6. The summed E-state index contributed by atoms with van der Waals surface area (Å²) in [5, 5.41) is 14.2. The number of carbonyl (C=O) groups is 3. The highest BCUT2D eigenvalue weighted by molar-refractivity contribution is 5.81. The predicted octanol–water partition coefficient (Wildman–Crippen LogP) is 1.50. The van der Waals surface area contributed by atoms with Gasteiger partial charge in [0, 0.05) is 39.6 Å². The van der Waals surface area contributed by atoms with Gasteiger partial charge in [-0.1, -0.05) is 0 Å². The molecule has 4 rings (SSSR count). The van der Waals surface area contributed by atoms with E-state index in [1.54, 1.807) is 17.3 Å². The van der Waals surface area contributed by atoms with Crippen molar-refractivity contribution in [2.24, 2.45) is 5.92 Å². The van der Waals surface area contributed by atoms with Gasteiger partial charge in [0.2, 0.25) is 11.9 Å². The number of hydrogen-bond acceptors (Lipinski definition) is 8. The molecule has 214 valence electrons. The molecule has 0 radical (unpaired) electrons. The van der Waals surface area contributed by atoms with Crippen LogP contribution in [0.3, 0.4) is 0 Å². The van der Waals surface area contributed by atoms with E-state index in [1.165, 1.54) is 12.8 Å². The molecule has 1 spiro atoms. The number of amides is 1. The quantitative estimate of drug-likeness (QED) is 0.523. The molecule has 17 heteroatoms. The van der Waals surface area contributed by atoms with Gasteiger partial charge in [-0.25, -0.2) is 19.6 Å². The lowest BCUT2D eigenvalue weighted by molar-refractivity contribution is -0.193. The summed E-state index contributed by atoms with van der Waals surface area (Å²) in [6, 6.07) is 1.68. The smallest absolute Gasteiger partial charge is 0.475 e. The fourth-order valence-electron chi connectivity index (χ4n) is 3.67. The first-order chi connectivity index (χ1) is 17.4. The zero-order valence-electron chi connectivity index (χ0n) is 20.4. The maximum Gasteiger partial charge on any atom is 0.490 e. The van der Waals surface area contributed by atoms with Crippen molar-refractivity contribution in [1.82, 2.24) is 19.8 Å². The van der Waals surface area contributed by atoms with E-state index in [4.69, 9.17) is 24.5 Å². The van der Waals surface area contributed by atoms with Crippen LogP contribution in [0.2, 0.25) is 0 Å². The van der Waals surface area contributed by atoms with E-state index in [1.807, 2.05) is 20.2 Å². The number of aliphatic carboxylic acids is 2. The van der Waals surface area contributed by atoms with Gasteiger partial charge < -0.3 is 24.7 Å². The summed E-state index contributed by atoms with van der Waals surface area (Å²) in [5.74, 6) is -3.86. The highest BCUT2D eigenvalue weighted by Crippen LogP contribution is 2.36. The standard InChI is InChI=1S/C17H25N5O2.2C2HF3O2/c1-20(2)15(23)14-9-24-17(10-21(14)8-13-4-5-13)11-22(12-17)16-18-6-3-7-19-16;2*3-2(4,5)1(6)7/h3,6-7,13-14H,4-5,8-12H2,1-2H3;2*(H,6,7). The summed E-state index contributed by atoms with van der Waals surface area (Å²) in [6.45, 7) is 3.89. The maximum absolute atomic E-state index is 12.5. The minimum Gasteiger partial charge on any atom is -0.475 e. The van der Waals surface area contributed by atoms with Gasteiger partial charge in [0.15, 0.2) is 0 Å². The molecule has 3 fully saturated rings. The van der Waals surface area contributed by atoms with Gasteiger partial charge in [-0.05, 0) is 24.8 Å². The lowest BCUT2D eigenvalue weighted by Crippen LogP contribution is -2.73. The van der Waals surface area contributed by atoms with Gasteiger partial charge in [-0.3, -0.25) is 9.69 Å². The second-order valence-electron chi connectivity index (χ2n) is 9.13. The molecule has 3 aliphatic rings.